The van der Waals surface area contributed by atoms with E-state index in [1.165, 1.54) is 0 Å². The van der Waals surface area contributed by atoms with Crippen LogP contribution in [0.1, 0.15) is 94.5 Å². The monoisotopic (exact) mass is 731 g/mol. The molecule has 0 amide bonds. The molecule has 4 heterocycles. The van der Waals surface area contributed by atoms with E-state index in [2.05, 4.69) is 13.8 Å². The van der Waals surface area contributed by atoms with E-state index in [0.717, 1.165) is 27.5 Å². The smallest absolute Gasteiger partial charge is 0.256 e. The first-order chi connectivity index (χ1) is 31.7. The maximum absolute atomic E-state index is 9.26. The molecule has 0 bridgehead atoms. The number of nitrogens with zero attached hydrogens (tertiary/aromatic N) is 2. The van der Waals surface area contributed by atoms with Gasteiger partial charge in [-0.25, -0.2) is 0 Å². The van der Waals surface area contributed by atoms with Gasteiger partial charge in [0.05, 0.1) is 25.7 Å². The summed E-state index contributed by atoms with van der Waals surface area (Å²) in [4.78, 5) is 3.69. The normalized spacial score (nSPS) is 18.8. The van der Waals surface area contributed by atoms with Crippen LogP contribution < -0.4 is 30.9 Å². The molecule has 0 unspecified atom stereocenters. The minimum absolute atomic E-state index is 0.00122. The van der Waals surface area contributed by atoms with Gasteiger partial charge in [-0.2, -0.15) is 0 Å². The van der Waals surface area contributed by atoms with Crippen molar-refractivity contribution in [3.05, 3.63) is 144 Å². The molecule has 0 radical (unpaired) electrons. The molecule has 0 N–H and O–H groups in total. The zero-order valence-electron chi connectivity index (χ0n) is 44.8. The second-order valence-corrected chi connectivity index (χ2v) is 16.9. The molecular weight excluding hydrogens is 671 g/mol. The molecule has 0 saturated heterocycles. The van der Waals surface area contributed by atoms with E-state index in [1.807, 2.05) is 82.0 Å². The van der Waals surface area contributed by atoms with Crippen LogP contribution in [-0.2, 0) is 10.8 Å². The number of furan rings is 1. The number of fused-ring (bicyclic) bond motifs is 6. The van der Waals surface area contributed by atoms with E-state index < -0.39 is 72.7 Å². The van der Waals surface area contributed by atoms with Crippen molar-refractivity contribution < 1.29 is 27.0 Å². The number of aryl methyl sites for hydroxylation is 1. The highest BCUT2D eigenvalue weighted by Crippen LogP contribution is 2.51. The highest BCUT2D eigenvalue weighted by Gasteiger charge is 2.46. The maximum atomic E-state index is 9.26. The highest BCUT2D eigenvalue weighted by atomic mass is 16.5. The largest absolute Gasteiger partial charge is 0.464 e. The number of hydrogen-bond donors (Lipinski definition) is 0. The lowest BCUT2D eigenvalue weighted by Crippen LogP contribution is -2.59. The Hall–Kier alpha value is -5.68. The molecule has 0 aliphatic carbocycles. The van der Waals surface area contributed by atoms with Gasteiger partial charge in [0.15, 0.2) is 0 Å². The molecule has 5 heteroatoms. The average molecular weight is 732 g/mol. The molecule has 55 heavy (non-hydrogen) atoms. The van der Waals surface area contributed by atoms with Crippen LogP contribution in [0.4, 0.5) is 28.4 Å². The first kappa shape index (κ1) is 22.6. The van der Waals surface area contributed by atoms with Crippen molar-refractivity contribution in [1.29, 1.82) is 0 Å². The van der Waals surface area contributed by atoms with Crippen LogP contribution in [0.3, 0.4) is 0 Å². The molecule has 4 nitrogen and oxygen atoms in total. The molecule has 7 aromatic rings. The van der Waals surface area contributed by atoms with Gasteiger partial charge >= 0.3 is 0 Å². The third kappa shape index (κ3) is 5.19. The van der Waals surface area contributed by atoms with E-state index >= 15 is 0 Å². The van der Waals surface area contributed by atoms with E-state index in [-0.39, 0.29) is 47.1 Å². The van der Waals surface area contributed by atoms with Crippen LogP contribution in [0.5, 0.6) is 11.5 Å². The van der Waals surface area contributed by atoms with Crippen molar-refractivity contribution in [1.82, 2.24) is 0 Å². The van der Waals surface area contributed by atoms with Crippen molar-refractivity contribution in [2.45, 2.75) is 72.1 Å². The van der Waals surface area contributed by atoms with Crippen molar-refractivity contribution in [2.75, 3.05) is 16.3 Å². The van der Waals surface area contributed by atoms with Crippen LogP contribution in [0.2, 0.25) is 0 Å². The van der Waals surface area contributed by atoms with Crippen LogP contribution in [0.15, 0.2) is 126 Å². The summed E-state index contributed by atoms with van der Waals surface area (Å²) in [5.74, 6) is 0.891. The minimum Gasteiger partial charge on any atom is -0.464 e. The van der Waals surface area contributed by atoms with Crippen LogP contribution in [0, 0.1) is 6.85 Å². The van der Waals surface area contributed by atoms with Crippen LogP contribution in [-0.4, -0.2) is 13.3 Å². The van der Waals surface area contributed by atoms with Gasteiger partial charge in [-0.15, -0.1) is 0 Å². The number of hydrogen-bond acceptors (Lipinski definition) is 4. The molecule has 0 spiro atoms. The zero-order chi connectivity index (χ0) is 49.2. The lowest BCUT2D eigenvalue weighted by atomic mass is 9.34. The van der Waals surface area contributed by atoms with Gasteiger partial charge in [-0.1, -0.05) is 103 Å². The van der Waals surface area contributed by atoms with E-state index in [1.54, 1.807) is 23.3 Å². The Labute approximate surface area is 343 Å². The fourth-order valence-corrected chi connectivity index (χ4v) is 8.72. The fraction of sp³-hybridized carbons (Fsp3) is 0.240. The van der Waals surface area contributed by atoms with Gasteiger partial charge < -0.3 is 19.0 Å². The van der Waals surface area contributed by atoms with Gasteiger partial charge in [0.1, 0.15) is 17.1 Å². The summed E-state index contributed by atoms with van der Waals surface area (Å²) in [5.41, 5.74) is 6.44. The Kier molecular flexibility index (Phi) is 4.90. The van der Waals surface area contributed by atoms with Crippen molar-refractivity contribution in [3.63, 3.8) is 0 Å². The number of para-hydroxylation sites is 1. The molecule has 0 fully saturated rings. The van der Waals surface area contributed by atoms with E-state index in [4.69, 9.17) is 24.2 Å². The van der Waals surface area contributed by atoms with Crippen LogP contribution >= 0.6 is 0 Å². The first-order valence-corrected chi connectivity index (χ1v) is 18.7. The predicted octanol–water partition coefficient (Wildman–Crippen LogP) is 11.7. The summed E-state index contributed by atoms with van der Waals surface area (Å²) < 4.78 is 128. The average Bonchev–Trinajstić information content (AvgIpc) is 3.81. The van der Waals surface area contributed by atoms with Gasteiger partial charge in [0.25, 0.3) is 6.71 Å². The van der Waals surface area contributed by atoms with Crippen molar-refractivity contribution in [3.8, 4) is 22.6 Å². The summed E-state index contributed by atoms with van der Waals surface area (Å²) in [6.45, 7) is 11.2. The Morgan fingerprint density at radius 2 is 1.56 bits per heavy atom. The van der Waals surface area contributed by atoms with E-state index in [9.17, 15) is 2.74 Å². The van der Waals surface area contributed by atoms with Gasteiger partial charge in [0, 0.05) is 55.3 Å². The summed E-state index contributed by atoms with van der Waals surface area (Å²) in [6, 6.07) is 12.2. The molecule has 10 rings (SSSR count). The number of benzene rings is 6. The van der Waals surface area contributed by atoms with Crippen molar-refractivity contribution in [2.24, 2.45) is 0 Å². The third-order valence-electron chi connectivity index (χ3n) is 11.4. The Morgan fingerprint density at radius 1 is 0.800 bits per heavy atom. The second-order valence-electron chi connectivity index (χ2n) is 16.9. The molecule has 0 atom stereocenters. The van der Waals surface area contributed by atoms with Crippen LogP contribution in [0.25, 0.3) is 22.1 Å². The summed E-state index contributed by atoms with van der Waals surface area (Å²) in [7, 11) is 0. The molecular formula is C50H47BN2O2. The standard InChI is InChI=1S/C50H47BN2O2/c1-30(2)37-28-54-45-27-40-46(24-36(37)45)55-47-22-31(3)21-44-48(47)51(40)39-26-42-38(50(7,8)29-52(42)34-17-13-10-14-18-34)25-43(39)53(44)41-20-19-33(49(4,5)6)23-35(41)32-15-11-9-12-16-32/h9-28,30H,29H2,1-8H3/i3D3,9D,10D,11D,12D,13D,14D,15D,16D,17D,18D. The third-order valence-corrected chi connectivity index (χ3v) is 11.4. The molecule has 272 valence electrons. The minimum atomic E-state index is -2.61. The zero-order valence-corrected chi connectivity index (χ0v) is 31.8. The SMILES string of the molecule is [2H]c1c([2H])c([2H])c(-c2cc(C(C)(C)C)ccc2N2c3cc4c(cc3B3c5cc6occ(C(C)C)c6cc5Oc5cc(C([2H])([2H])[2H])cc2c53)N(c2c([2H])c([2H])c([2H])c([2H])c2[2H])CC4(C)C)c([2H])c1[2H]. The molecule has 3 aliphatic rings. The highest BCUT2D eigenvalue weighted by molar-refractivity contribution is 6.99. The van der Waals surface area contributed by atoms with Gasteiger partial charge in [-0.05, 0) is 117 Å². The fourth-order valence-electron chi connectivity index (χ4n) is 8.72. The molecule has 0 saturated carbocycles. The lowest BCUT2D eigenvalue weighted by Gasteiger charge is -2.42. The quantitative estimate of drug-likeness (QED) is 0.169. The van der Waals surface area contributed by atoms with Gasteiger partial charge in [0.2, 0.25) is 0 Å². The first-order valence-electron chi connectivity index (χ1n) is 25.2. The molecule has 1 aromatic heterocycles. The number of ether oxygens (including phenoxy) is 1. The maximum Gasteiger partial charge on any atom is 0.256 e. The lowest BCUT2D eigenvalue weighted by molar-refractivity contribution is 0.487. The van der Waals surface area contributed by atoms with E-state index in [0.29, 0.717) is 50.6 Å². The van der Waals surface area contributed by atoms with Gasteiger partial charge in [-0.3, -0.25) is 0 Å². The molecule has 6 aromatic carbocycles. The Balaban J connectivity index is 1.36. The predicted molar refractivity (Wildman–Crippen MR) is 232 cm³/mol. The summed E-state index contributed by atoms with van der Waals surface area (Å²) in [6.07, 6.45) is 1.73. The Morgan fingerprint density at radius 3 is 2.29 bits per heavy atom. The Bertz CT molecular complexity index is 3310. The summed E-state index contributed by atoms with van der Waals surface area (Å²) in [5, 5.41) is 0.845. The van der Waals surface area contributed by atoms with Crippen molar-refractivity contribution >= 4 is 62.5 Å². The second kappa shape index (κ2) is 11.9. The molecule has 3 aliphatic heterocycles. The topological polar surface area (TPSA) is 28.9 Å². The number of anilines is 5. The summed E-state index contributed by atoms with van der Waals surface area (Å²) >= 11 is 0. The number of rotatable bonds is 4.